The van der Waals surface area contributed by atoms with Crippen LogP contribution in [-0.4, -0.2) is 9.78 Å². The van der Waals surface area contributed by atoms with Crippen molar-refractivity contribution in [3.8, 4) is 11.1 Å². The maximum absolute atomic E-state index is 6.16. The van der Waals surface area contributed by atoms with Crippen molar-refractivity contribution in [2.75, 3.05) is 5.73 Å². The molecule has 1 aromatic carbocycles. The van der Waals surface area contributed by atoms with Crippen molar-refractivity contribution in [3.05, 3.63) is 35.0 Å². The highest BCUT2D eigenvalue weighted by Crippen LogP contribution is 2.34. The summed E-state index contributed by atoms with van der Waals surface area (Å²) in [7, 11) is 1.88. The third-order valence-electron chi connectivity index (χ3n) is 3.64. The lowest BCUT2D eigenvalue weighted by Crippen LogP contribution is -2.11. The van der Waals surface area contributed by atoms with Crippen molar-refractivity contribution in [3.63, 3.8) is 0 Å². The Labute approximate surface area is 115 Å². The first-order valence-electron chi connectivity index (χ1n) is 6.62. The maximum Gasteiger partial charge on any atom is 0.129 e. The largest absolute Gasteiger partial charge is 0.383 e. The van der Waals surface area contributed by atoms with E-state index in [-0.39, 0.29) is 5.41 Å². The van der Waals surface area contributed by atoms with Gasteiger partial charge in [0, 0.05) is 12.6 Å². The molecule has 2 N–H and O–H groups in total. The fourth-order valence-corrected chi connectivity index (χ4v) is 2.37. The lowest BCUT2D eigenvalue weighted by molar-refractivity contribution is 0.590. The number of benzene rings is 1. The standard InChI is InChI=1S/C16H23N3/c1-10-7-8-12(16(3,4)5)9-13(10)14-11(2)18-19(6)15(14)17/h7-9H,17H2,1-6H3. The van der Waals surface area contributed by atoms with E-state index in [2.05, 4.69) is 51.0 Å². The highest BCUT2D eigenvalue weighted by molar-refractivity contribution is 5.79. The predicted octanol–water partition coefficient (Wildman–Crippen LogP) is 3.58. The molecule has 0 atom stereocenters. The summed E-state index contributed by atoms with van der Waals surface area (Å²) in [4.78, 5) is 0. The van der Waals surface area contributed by atoms with E-state index in [1.54, 1.807) is 4.68 Å². The first-order valence-corrected chi connectivity index (χ1v) is 6.62. The second kappa shape index (κ2) is 4.41. The minimum Gasteiger partial charge on any atom is -0.383 e. The van der Waals surface area contributed by atoms with Crippen LogP contribution < -0.4 is 5.73 Å². The molecule has 0 unspecified atom stereocenters. The summed E-state index contributed by atoms with van der Waals surface area (Å²) in [6.45, 7) is 10.8. The number of hydrogen-bond acceptors (Lipinski definition) is 2. The molecule has 0 radical (unpaired) electrons. The van der Waals surface area contributed by atoms with Gasteiger partial charge in [-0.05, 0) is 36.0 Å². The van der Waals surface area contributed by atoms with Gasteiger partial charge in [-0.2, -0.15) is 5.10 Å². The second-order valence-corrected chi connectivity index (χ2v) is 6.25. The molecule has 2 aromatic rings. The Kier molecular flexibility index (Phi) is 3.17. The zero-order valence-electron chi connectivity index (χ0n) is 12.7. The lowest BCUT2D eigenvalue weighted by atomic mass is 9.84. The van der Waals surface area contributed by atoms with Crippen LogP contribution in [-0.2, 0) is 12.5 Å². The fourth-order valence-electron chi connectivity index (χ4n) is 2.37. The van der Waals surface area contributed by atoms with Crippen LogP contribution in [0.1, 0.15) is 37.6 Å². The van der Waals surface area contributed by atoms with Gasteiger partial charge in [-0.1, -0.05) is 39.0 Å². The zero-order valence-corrected chi connectivity index (χ0v) is 12.7. The molecule has 0 bridgehead atoms. The van der Waals surface area contributed by atoms with Gasteiger partial charge in [0.2, 0.25) is 0 Å². The third-order valence-corrected chi connectivity index (χ3v) is 3.64. The molecule has 0 fully saturated rings. The highest BCUT2D eigenvalue weighted by Gasteiger charge is 2.19. The van der Waals surface area contributed by atoms with Crippen LogP contribution in [0, 0.1) is 13.8 Å². The number of aryl methyl sites for hydroxylation is 3. The molecule has 0 spiro atoms. The third kappa shape index (κ3) is 2.37. The fraction of sp³-hybridized carbons (Fsp3) is 0.438. The molecule has 19 heavy (non-hydrogen) atoms. The quantitative estimate of drug-likeness (QED) is 0.848. The summed E-state index contributed by atoms with van der Waals surface area (Å²) in [5.41, 5.74) is 12.1. The van der Waals surface area contributed by atoms with Crippen molar-refractivity contribution >= 4 is 5.82 Å². The number of rotatable bonds is 1. The molecule has 0 saturated carbocycles. The Morgan fingerprint density at radius 3 is 2.26 bits per heavy atom. The van der Waals surface area contributed by atoms with Crippen molar-refractivity contribution in [1.82, 2.24) is 9.78 Å². The van der Waals surface area contributed by atoms with E-state index in [9.17, 15) is 0 Å². The molecular formula is C16H23N3. The Hall–Kier alpha value is -1.77. The molecular weight excluding hydrogens is 234 g/mol. The van der Waals surface area contributed by atoms with Gasteiger partial charge >= 0.3 is 0 Å². The van der Waals surface area contributed by atoms with E-state index >= 15 is 0 Å². The van der Waals surface area contributed by atoms with Crippen molar-refractivity contribution in [2.24, 2.45) is 7.05 Å². The van der Waals surface area contributed by atoms with Crippen molar-refractivity contribution < 1.29 is 0 Å². The van der Waals surface area contributed by atoms with Gasteiger partial charge in [-0.3, -0.25) is 4.68 Å². The normalized spacial score (nSPS) is 11.9. The molecule has 2 rings (SSSR count). The van der Waals surface area contributed by atoms with Crippen LogP contribution >= 0.6 is 0 Å². The minimum absolute atomic E-state index is 0.132. The van der Waals surface area contributed by atoms with Gasteiger partial charge < -0.3 is 5.73 Å². The van der Waals surface area contributed by atoms with E-state index in [4.69, 9.17) is 5.73 Å². The molecule has 102 valence electrons. The average molecular weight is 257 g/mol. The lowest BCUT2D eigenvalue weighted by Gasteiger charge is -2.21. The van der Waals surface area contributed by atoms with E-state index in [1.165, 1.54) is 16.7 Å². The van der Waals surface area contributed by atoms with E-state index in [0.717, 1.165) is 17.1 Å². The molecule has 0 aliphatic carbocycles. The SMILES string of the molecule is Cc1ccc(C(C)(C)C)cc1-c1c(C)nn(C)c1N. The van der Waals surface area contributed by atoms with Gasteiger partial charge in [0.05, 0.1) is 5.69 Å². The van der Waals surface area contributed by atoms with Gasteiger partial charge in [0.25, 0.3) is 0 Å². The first kappa shape index (κ1) is 13.7. The minimum atomic E-state index is 0.132. The van der Waals surface area contributed by atoms with Crippen molar-refractivity contribution in [2.45, 2.75) is 40.0 Å². The van der Waals surface area contributed by atoms with Crippen LogP contribution in [0.15, 0.2) is 18.2 Å². The Morgan fingerprint density at radius 1 is 1.16 bits per heavy atom. The molecule has 0 saturated heterocycles. The number of nitrogens with two attached hydrogens (primary N) is 1. The summed E-state index contributed by atoms with van der Waals surface area (Å²) < 4.78 is 1.74. The molecule has 0 aliphatic heterocycles. The molecule has 1 heterocycles. The summed E-state index contributed by atoms with van der Waals surface area (Å²) in [5, 5.41) is 4.41. The van der Waals surface area contributed by atoms with Crippen molar-refractivity contribution in [1.29, 1.82) is 0 Å². The summed E-state index contributed by atoms with van der Waals surface area (Å²) >= 11 is 0. The predicted molar refractivity (Wildman–Crippen MR) is 81.2 cm³/mol. The molecule has 0 aliphatic rings. The summed E-state index contributed by atoms with van der Waals surface area (Å²) in [6.07, 6.45) is 0. The second-order valence-electron chi connectivity index (χ2n) is 6.25. The van der Waals surface area contributed by atoms with Crippen LogP contribution in [0.4, 0.5) is 5.82 Å². The van der Waals surface area contributed by atoms with Crippen LogP contribution in [0.5, 0.6) is 0 Å². The maximum atomic E-state index is 6.16. The number of aromatic nitrogens is 2. The summed E-state index contributed by atoms with van der Waals surface area (Å²) in [6, 6.07) is 6.61. The number of nitrogen functional groups attached to an aromatic ring is 1. The van der Waals surface area contributed by atoms with Crippen LogP contribution in [0.25, 0.3) is 11.1 Å². The molecule has 3 heteroatoms. The summed E-state index contributed by atoms with van der Waals surface area (Å²) in [5.74, 6) is 0.728. The molecule has 3 nitrogen and oxygen atoms in total. The average Bonchev–Trinajstić information content (AvgIpc) is 2.53. The highest BCUT2D eigenvalue weighted by atomic mass is 15.3. The number of hydrogen-bond donors (Lipinski definition) is 1. The Balaban J connectivity index is 2.68. The molecule has 0 amide bonds. The van der Waals surface area contributed by atoms with Gasteiger partial charge in [0.15, 0.2) is 0 Å². The van der Waals surface area contributed by atoms with E-state index in [0.29, 0.717) is 0 Å². The monoisotopic (exact) mass is 257 g/mol. The molecule has 1 aromatic heterocycles. The van der Waals surface area contributed by atoms with Gasteiger partial charge in [-0.25, -0.2) is 0 Å². The van der Waals surface area contributed by atoms with Crippen LogP contribution in [0.2, 0.25) is 0 Å². The number of nitrogens with zero attached hydrogens (tertiary/aromatic N) is 2. The topological polar surface area (TPSA) is 43.8 Å². The smallest absolute Gasteiger partial charge is 0.129 e. The zero-order chi connectivity index (χ0) is 14.4. The Bertz CT molecular complexity index is 616. The van der Waals surface area contributed by atoms with Gasteiger partial charge in [0.1, 0.15) is 5.82 Å². The van der Waals surface area contributed by atoms with Crippen LogP contribution in [0.3, 0.4) is 0 Å². The van der Waals surface area contributed by atoms with E-state index in [1.807, 2.05) is 14.0 Å². The number of anilines is 1. The first-order chi connectivity index (χ1) is 8.71. The van der Waals surface area contributed by atoms with E-state index < -0.39 is 0 Å². The van der Waals surface area contributed by atoms with Gasteiger partial charge in [-0.15, -0.1) is 0 Å². The Morgan fingerprint density at radius 2 is 1.79 bits per heavy atom.